The fourth-order valence-corrected chi connectivity index (χ4v) is 3.17. The summed E-state index contributed by atoms with van der Waals surface area (Å²) >= 11 is 11.8. The smallest absolute Gasteiger partial charge is 0.342 e. The first-order valence-corrected chi connectivity index (χ1v) is 10.0. The molecule has 3 rings (SSSR count). The van der Waals surface area contributed by atoms with Gasteiger partial charge >= 0.3 is 5.97 Å². The first-order chi connectivity index (χ1) is 15.3. The molecule has 164 valence electrons. The Hall–Kier alpha value is -3.42. The molecule has 0 atom stereocenters. The molecule has 6 nitrogen and oxygen atoms in total. The Morgan fingerprint density at radius 3 is 2.34 bits per heavy atom. The van der Waals surface area contributed by atoms with Gasteiger partial charge in [0.15, 0.2) is 13.2 Å². The van der Waals surface area contributed by atoms with Crippen molar-refractivity contribution in [2.24, 2.45) is 0 Å². The van der Waals surface area contributed by atoms with E-state index in [4.69, 9.17) is 32.7 Å². The standard InChI is InChI=1S/C23H16Cl2FNO5/c24-14-9-10-15(17(25)11-14)20(28)12-32-23(30)16-5-1-4-8-21(16)31-13-22(29)27-19-7-3-2-6-18(19)26/h1-11H,12-13H2,(H,27,29). The molecule has 0 aromatic heterocycles. The number of esters is 1. The molecule has 1 N–H and O–H groups in total. The topological polar surface area (TPSA) is 81.7 Å². The van der Waals surface area contributed by atoms with E-state index in [1.165, 1.54) is 48.5 Å². The molecule has 1 amide bonds. The van der Waals surface area contributed by atoms with Crippen molar-refractivity contribution in [3.63, 3.8) is 0 Å². The maximum atomic E-state index is 13.6. The Kier molecular flexibility index (Phi) is 7.81. The first-order valence-electron chi connectivity index (χ1n) is 9.26. The Balaban J connectivity index is 1.60. The Morgan fingerprint density at radius 2 is 1.59 bits per heavy atom. The summed E-state index contributed by atoms with van der Waals surface area (Å²) in [6, 6.07) is 16.1. The number of hydrogen-bond acceptors (Lipinski definition) is 5. The largest absolute Gasteiger partial charge is 0.483 e. The van der Waals surface area contributed by atoms with Crippen LogP contribution in [0.4, 0.5) is 10.1 Å². The van der Waals surface area contributed by atoms with Gasteiger partial charge in [-0.25, -0.2) is 9.18 Å². The molecule has 0 saturated carbocycles. The van der Waals surface area contributed by atoms with Gasteiger partial charge in [-0.1, -0.05) is 47.5 Å². The third-order valence-electron chi connectivity index (χ3n) is 4.18. The van der Waals surface area contributed by atoms with Gasteiger partial charge in [0.2, 0.25) is 5.78 Å². The number of carbonyl (C=O) groups excluding carboxylic acids is 3. The third kappa shape index (κ3) is 6.06. The lowest BCUT2D eigenvalue weighted by Gasteiger charge is -2.12. The van der Waals surface area contributed by atoms with E-state index in [1.54, 1.807) is 18.2 Å². The number of benzene rings is 3. The minimum atomic E-state index is -0.825. The van der Waals surface area contributed by atoms with Crippen LogP contribution in [0, 0.1) is 5.82 Å². The van der Waals surface area contributed by atoms with E-state index in [0.717, 1.165) is 0 Å². The lowest BCUT2D eigenvalue weighted by Crippen LogP contribution is -2.22. The summed E-state index contributed by atoms with van der Waals surface area (Å²) in [5.41, 5.74) is 0.188. The summed E-state index contributed by atoms with van der Waals surface area (Å²) in [6.07, 6.45) is 0. The molecule has 0 spiro atoms. The summed E-state index contributed by atoms with van der Waals surface area (Å²) in [4.78, 5) is 36.8. The van der Waals surface area contributed by atoms with Gasteiger partial charge < -0.3 is 14.8 Å². The number of anilines is 1. The van der Waals surface area contributed by atoms with E-state index in [1.807, 2.05) is 0 Å². The van der Waals surface area contributed by atoms with Gasteiger partial charge in [0, 0.05) is 10.6 Å². The second-order valence-electron chi connectivity index (χ2n) is 6.44. The number of Topliss-reactive ketones (excluding diaryl/α,β-unsaturated/α-hetero) is 1. The van der Waals surface area contributed by atoms with Gasteiger partial charge in [-0.05, 0) is 42.5 Å². The average Bonchev–Trinajstić information content (AvgIpc) is 2.77. The van der Waals surface area contributed by atoms with Crippen molar-refractivity contribution in [1.29, 1.82) is 0 Å². The SMILES string of the molecule is O=C(COc1ccccc1C(=O)OCC(=O)c1ccc(Cl)cc1Cl)Nc1ccccc1F. The highest BCUT2D eigenvalue weighted by molar-refractivity contribution is 6.36. The number of carbonyl (C=O) groups is 3. The molecule has 0 aliphatic carbocycles. The van der Waals surface area contributed by atoms with Crippen molar-refractivity contribution in [2.75, 3.05) is 18.5 Å². The minimum Gasteiger partial charge on any atom is -0.483 e. The summed E-state index contributed by atoms with van der Waals surface area (Å²) in [6.45, 7) is -1.03. The third-order valence-corrected chi connectivity index (χ3v) is 4.73. The molecule has 0 fully saturated rings. The predicted molar refractivity (Wildman–Crippen MR) is 118 cm³/mol. The molecule has 0 unspecified atom stereocenters. The number of rotatable bonds is 8. The summed E-state index contributed by atoms with van der Waals surface area (Å²) in [7, 11) is 0. The maximum Gasteiger partial charge on any atom is 0.342 e. The van der Waals surface area contributed by atoms with Crippen LogP contribution in [0.2, 0.25) is 10.0 Å². The van der Waals surface area contributed by atoms with Crippen LogP contribution in [0.25, 0.3) is 0 Å². The van der Waals surface area contributed by atoms with Crippen molar-refractivity contribution < 1.29 is 28.2 Å². The molecule has 0 aliphatic heterocycles. The molecule has 3 aromatic carbocycles. The van der Waals surface area contributed by atoms with Crippen LogP contribution < -0.4 is 10.1 Å². The zero-order valence-electron chi connectivity index (χ0n) is 16.4. The van der Waals surface area contributed by atoms with Crippen molar-refractivity contribution in [1.82, 2.24) is 0 Å². The molecular weight excluding hydrogens is 460 g/mol. The zero-order chi connectivity index (χ0) is 23.1. The average molecular weight is 476 g/mol. The number of hydrogen-bond donors (Lipinski definition) is 1. The Morgan fingerprint density at radius 1 is 0.875 bits per heavy atom. The molecule has 9 heteroatoms. The first kappa shape index (κ1) is 23.2. The molecule has 0 radical (unpaired) electrons. The maximum absolute atomic E-state index is 13.6. The fourth-order valence-electron chi connectivity index (χ4n) is 2.66. The molecule has 0 saturated heterocycles. The van der Waals surface area contributed by atoms with Crippen LogP contribution in [-0.2, 0) is 9.53 Å². The van der Waals surface area contributed by atoms with Gasteiger partial charge in [-0.3, -0.25) is 9.59 Å². The van der Waals surface area contributed by atoms with E-state index in [2.05, 4.69) is 5.32 Å². The highest BCUT2D eigenvalue weighted by atomic mass is 35.5. The van der Waals surface area contributed by atoms with Gasteiger partial charge in [0.25, 0.3) is 5.91 Å². The van der Waals surface area contributed by atoms with Crippen molar-refractivity contribution in [2.45, 2.75) is 0 Å². The number of ketones is 1. The highest BCUT2D eigenvalue weighted by Gasteiger charge is 2.18. The van der Waals surface area contributed by atoms with Crippen molar-refractivity contribution in [3.05, 3.63) is 93.7 Å². The van der Waals surface area contributed by atoms with Crippen LogP contribution in [0.1, 0.15) is 20.7 Å². The van der Waals surface area contributed by atoms with Crippen LogP contribution in [-0.4, -0.2) is 30.9 Å². The number of halogens is 3. The van der Waals surface area contributed by atoms with E-state index in [-0.39, 0.29) is 27.6 Å². The van der Waals surface area contributed by atoms with Crippen LogP contribution in [0.3, 0.4) is 0 Å². The van der Waals surface area contributed by atoms with Crippen LogP contribution in [0.5, 0.6) is 5.75 Å². The van der Waals surface area contributed by atoms with E-state index < -0.39 is 36.7 Å². The summed E-state index contributed by atoms with van der Waals surface area (Å²) < 4.78 is 24.1. The molecule has 0 heterocycles. The lowest BCUT2D eigenvalue weighted by molar-refractivity contribution is -0.118. The van der Waals surface area contributed by atoms with E-state index >= 15 is 0 Å². The monoisotopic (exact) mass is 475 g/mol. The normalized spacial score (nSPS) is 10.3. The minimum absolute atomic E-state index is 0.00756. The molecule has 0 aliphatic rings. The van der Waals surface area contributed by atoms with Gasteiger partial charge in [0.1, 0.15) is 17.1 Å². The fraction of sp³-hybridized carbons (Fsp3) is 0.0870. The number of ether oxygens (including phenoxy) is 2. The van der Waals surface area contributed by atoms with E-state index in [9.17, 15) is 18.8 Å². The van der Waals surface area contributed by atoms with Crippen LogP contribution in [0.15, 0.2) is 66.7 Å². The highest BCUT2D eigenvalue weighted by Crippen LogP contribution is 2.23. The predicted octanol–water partition coefficient (Wildman–Crippen LogP) is 5.19. The lowest BCUT2D eigenvalue weighted by atomic mass is 10.1. The molecular formula is C23H16Cl2FNO5. The van der Waals surface area contributed by atoms with Crippen LogP contribution >= 0.6 is 23.2 Å². The van der Waals surface area contributed by atoms with E-state index in [0.29, 0.717) is 5.02 Å². The number of amides is 1. The number of para-hydroxylation sites is 2. The molecule has 3 aromatic rings. The van der Waals surface area contributed by atoms with Gasteiger partial charge in [-0.2, -0.15) is 0 Å². The molecule has 0 bridgehead atoms. The van der Waals surface area contributed by atoms with Crippen molar-refractivity contribution in [3.8, 4) is 5.75 Å². The molecule has 32 heavy (non-hydrogen) atoms. The second-order valence-corrected chi connectivity index (χ2v) is 7.28. The van der Waals surface area contributed by atoms with Crippen molar-refractivity contribution >= 4 is 46.5 Å². The Bertz CT molecular complexity index is 1170. The summed E-state index contributed by atoms with van der Waals surface area (Å²) in [5, 5.41) is 2.89. The number of nitrogens with one attached hydrogen (secondary N) is 1. The second kappa shape index (κ2) is 10.7. The van der Waals surface area contributed by atoms with Gasteiger partial charge in [-0.15, -0.1) is 0 Å². The zero-order valence-corrected chi connectivity index (χ0v) is 18.0. The van der Waals surface area contributed by atoms with Gasteiger partial charge in [0.05, 0.1) is 10.7 Å². The quantitative estimate of drug-likeness (QED) is 0.358. The summed E-state index contributed by atoms with van der Waals surface area (Å²) in [5.74, 6) is -2.48. The Labute approximate surface area is 192 Å².